The summed E-state index contributed by atoms with van der Waals surface area (Å²) in [7, 11) is 0. The van der Waals surface area contributed by atoms with Crippen molar-refractivity contribution in [3.05, 3.63) is 44.7 Å². The topological polar surface area (TPSA) is 96.2 Å². The predicted molar refractivity (Wildman–Crippen MR) is 134 cm³/mol. The Morgan fingerprint density at radius 1 is 1.27 bits per heavy atom. The van der Waals surface area contributed by atoms with Crippen molar-refractivity contribution in [3.63, 3.8) is 0 Å². The quantitative estimate of drug-likeness (QED) is 0.333. The summed E-state index contributed by atoms with van der Waals surface area (Å²) in [6.45, 7) is 2.84. The Bertz CT molecular complexity index is 1140. The number of ether oxygens (including phenoxy) is 1. The molecule has 33 heavy (non-hydrogen) atoms. The van der Waals surface area contributed by atoms with Crippen LogP contribution in [0.3, 0.4) is 0 Å². The van der Waals surface area contributed by atoms with Gasteiger partial charge in [0.2, 0.25) is 0 Å². The predicted octanol–water partition coefficient (Wildman–Crippen LogP) is 2.96. The lowest BCUT2D eigenvalue weighted by Crippen LogP contribution is -2.39. The number of aromatic nitrogens is 2. The molecule has 1 amide bonds. The van der Waals surface area contributed by atoms with Crippen LogP contribution in [0.25, 0.3) is 11.7 Å². The van der Waals surface area contributed by atoms with E-state index in [9.17, 15) is 9.59 Å². The molecule has 3 heterocycles. The second kappa shape index (κ2) is 10.8. The smallest absolute Gasteiger partial charge is 0.267 e. The van der Waals surface area contributed by atoms with Gasteiger partial charge in [-0.15, -0.1) is 0 Å². The number of amides is 1. The number of nitrogens with one attached hydrogen (secondary N) is 1. The van der Waals surface area contributed by atoms with Gasteiger partial charge >= 0.3 is 0 Å². The Kier molecular flexibility index (Phi) is 7.79. The van der Waals surface area contributed by atoms with Crippen LogP contribution in [0.5, 0.6) is 0 Å². The third-order valence-electron chi connectivity index (χ3n) is 5.82. The molecule has 1 aliphatic carbocycles. The molecule has 10 heteroatoms. The van der Waals surface area contributed by atoms with Gasteiger partial charge in [0.05, 0.1) is 30.3 Å². The van der Waals surface area contributed by atoms with Crippen molar-refractivity contribution in [2.75, 3.05) is 31.7 Å². The zero-order valence-electron chi connectivity index (χ0n) is 18.6. The molecule has 0 unspecified atom stereocenters. The first-order valence-electron chi connectivity index (χ1n) is 11.2. The molecule has 4 rings (SSSR count). The molecule has 0 atom stereocenters. The van der Waals surface area contributed by atoms with Gasteiger partial charge < -0.3 is 15.2 Å². The number of carbonyl (C=O) groups excluding carboxylic acids is 1. The zero-order valence-corrected chi connectivity index (χ0v) is 20.2. The van der Waals surface area contributed by atoms with Crippen LogP contribution in [-0.4, -0.2) is 62.0 Å². The van der Waals surface area contributed by atoms with Crippen LogP contribution in [0.1, 0.15) is 43.2 Å². The maximum atomic E-state index is 13.4. The number of aliphatic hydroxyl groups is 1. The van der Waals surface area contributed by atoms with E-state index in [4.69, 9.17) is 22.1 Å². The summed E-state index contributed by atoms with van der Waals surface area (Å²) in [6.07, 6.45) is 8.66. The summed E-state index contributed by atoms with van der Waals surface area (Å²) in [4.78, 5) is 33.5. The molecule has 176 valence electrons. The SMILES string of the molecule is Cc1ccc2nc(NCCOCCO)c(/C=C3\SC(=S)N(C4CCCCC4)C3=O)c(=O)n2c1. The first-order valence-corrected chi connectivity index (χ1v) is 12.4. The average molecular weight is 489 g/mol. The Morgan fingerprint density at radius 2 is 2.06 bits per heavy atom. The molecule has 0 bridgehead atoms. The summed E-state index contributed by atoms with van der Waals surface area (Å²) in [5, 5.41) is 12.0. The lowest BCUT2D eigenvalue weighted by molar-refractivity contribution is -0.124. The first-order chi connectivity index (χ1) is 16.0. The van der Waals surface area contributed by atoms with E-state index in [1.807, 2.05) is 13.0 Å². The molecule has 2 aromatic rings. The summed E-state index contributed by atoms with van der Waals surface area (Å²) in [5.41, 5.74) is 1.49. The molecule has 0 aromatic carbocycles. The highest BCUT2D eigenvalue weighted by molar-refractivity contribution is 8.26. The van der Waals surface area contributed by atoms with E-state index in [0.717, 1.165) is 31.2 Å². The fourth-order valence-corrected chi connectivity index (χ4v) is 5.58. The van der Waals surface area contributed by atoms with Gasteiger partial charge in [-0.05, 0) is 37.5 Å². The van der Waals surface area contributed by atoms with E-state index in [0.29, 0.717) is 39.4 Å². The molecule has 2 N–H and O–H groups in total. The van der Waals surface area contributed by atoms with Gasteiger partial charge in [-0.1, -0.05) is 49.3 Å². The molecule has 2 fully saturated rings. The van der Waals surface area contributed by atoms with Gasteiger partial charge in [0.15, 0.2) is 0 Å². The average Bonchev–Trinajstić information content (AvgIpc) is 3.09. The van der Waals surface area contributed by atoms with Crippen molar-refractivity contribution < 1.29 is 14.6 Å². The van der Waals surface area contributed by atoms with Crippen molar-refractivity contribution in [2.24, 2.45) is 0 Å². The Morgan fingerprint density at radius 3 is 2.82 bits per heavy atom. The van der Waals surface area contributed by atoms with Crippen molar-refractivity contribution >= 4 is 51.7 Å². The van der Waals surface area contributed by atoms with Crippen LogP contribution < -0.4 is 10.9 Å². The maximum Gasteiger partial charge on any atom is 0.267 e. The standard InChI is InChI=1S/C23H28N4O4S2/c1-15-7-8-19-25-20(24-9-11-31-12-10-28)17(21(29)26(19)14-15)13-18-22(30)27(23(32)33-18)16-5-3-2-4-6-16/h7-8,13-14,16,24,28H,2-6,9-12H2,1H3/b18-13-. The largest absolute Gasteiger partial charge is 0.394 e. The number of fused-ring (bicyclic) bond motifs is 1. The van der Waals surface area contributed by atoms with Crippen LogP contribution in [0.15, 0.2) is 28.0 Å². The van der Waals surface area contributed by atoms with Crippen molar-refractivity contribution in [3.8, 4) is 0 Å². The highest BCUT2D eigenvalue weighted by Gasteiger charge is 2.37. The molecular weight excluding hydrogens is 460 g/mol. The molecule has 1 saturated carbocycles. The fourth-order valence-electron chi connectivity index (χ4n) is 4.20. The van der Waals surface area contributed by atoms with Gasteiger partial charge in [-0.3, -0.25) is 18.9 Å². The van der Waals surface area contributed by atoms with Crippen LogP contribution >= 0.6 is 24.0 Å². The number of thioether (sulfide) groups is 1. The van der Waals surface area contributed by atoms with Crippen molar-refractivity contribution in [1.82, 2.24) is 14.3 Å². The number of anilines is 1. The second-order valence-corrected chi connectivity index (χ2v) is 9.90. The molecule has 0 spiro atoms. The molecule has 2 aromatic heterocycles. The van der Waals surface area contributed by atoms with E-state index < -0.39 is 0 Å². The number of thiocarbonyl (C=S) groups is 1. The summed E-state index contributed by atoms with van der Waals surface area (Å²) < 4.78 is 7.35. The number of aliphatic hydroxyl groups excluding tert-OH is 1. The summed E-state index contributed by atoms with van der Waals surface area (Å²) >= 11 is 6.78. The van der Waals surface area contributed by atoms with Gasteiger partial charge in [0, 0.05) is 18.8 Å². The summed E-state index contributed by atoms with van der Waals surface area (Å²) in [6, 6.07) is 3.82. The highest BCUT2D eigenvalue weighted by atomic mass is 32.2. The van der Waals surface area contributed by atoms with Gasteiger partial charge in [0.1, 0.15) is 15.8 Å². The number of aryl methyl sites for hydroxylation is 1. The minimum absolute atomic E-state index is 0.0526. The summed E-state index contributed by atoms with van der Waals surface area (Å²) in [5.74, 6) is 0.252. The van der Waals surface area contributed by atoms with Crippen LogP contribution in [0, 0.1) is 6.92 Å². The highest BCUT2D eigenvalue weighted by Crippen LogP contribution is 2.37. The lowest BCUT2D eigenvalue weighted by atomic mass is 9.94. The number of pyridine rings is 1. The minimum Gasteiger partial charge on any atom is -0.394 e. The Hall–Kier alpha value is -2.27. The maximum absolute atomic E-state index is 13.4. The molecule has 0 radical (unpaired) electrons. The van der Waals surface area contributed by atoms with Gasteiger partial charge in [-0.25, -0.2) is 4.98 Å². The Labute approximate surface area is 202 Å². The first kappa shape index (κ1) is 23.9. The monoisotopic (exact) mass is 488 g/mol. The molecule has 1 saturated heterocycles. The number of rotatable bonds is 8. The molecular formula is C23H28N4O4S2. The van der Waals surface area contributed by atoms with Crippen molar-refractivity contribution in [1.29, 1.82) is 0 Å². The number of hydrogen-bond donors (Lipinski definition) is 2. The zero-order chi connectivity index (χ0) is 23.4. The second-order valence-electron chi connectivity index (χ2n) is 8.22. The normalized spacial score (nSPS) is 18.6. The van der Waals surface area contributed by atoms with E-state index in [2.05, 4.69) is 10.3 Å². The van der Waals surface area contributed by atoms with Gasteiger partial charge in [-0.2, -0.15) is 0 Å². The number of hydrogen-bond acceptors (Lipinski definition) is 8. The Balaban J connectivity index is 1.68. The number of nitrogens with zero attached hydrogens (tertiary/aromatic N) is 3. The van der Waals surface area contributed by atoms with Crippen molar-refractivity contribution in [2.45, 2.75) is 45.1 Å². The van der Waals surface area contributed by atoms with Gasteiger partial charge in [0.25, 0.3) is 11.5 Å². The van der Waals surface area contributed by atoms with E-state index in [-0.39, 0.29) is 30.7 Å². The lowest BCUT2D eigenvalue weighted by Gasteiger charge is -2.29. The minimum atomic E-state index is -0.259. The van der Waals surface area contributed by atoms with Crippen LogP contribution in [0.2, 0.25) is 0 Å². The van der Waals surface area contributed by atoms with E-state index in [1.165, 1.54) is 22.6 Å². The van der Waals surface area contributed by atoms with Crippen LogP contribution in [-0.2, 0) is 9.53 Å². The molecule has 1 aliphatic heterocycles. The number of carbonyl (C=O) groups is 1. The fraction of sp³-hybridized carbons (Fsp3) is 0.478. The molecule has 8 nitrogen and oxygen atoms in total. The third kappa shape index (κ3) is 5.29. The van der Waals surface area contributed by atoms with Crippen LogP contribution in [0.4, 0.5) is 5.82 Å². The van der Waals surface area contributed by atoms with E-state index >= 15 is 0 Å². The third-order valence-corrected chi connectivity index (χ3v) is 7.15. The molecule has 2 aliphatic rings. The van der Waals surface area contributed by atoms with E-state index in [1.54, 1.807) is 23.2 Å².